The van der Waals surface area contributed by atoms with Crippen molar-refractivity contribution in [2.45, 2.75) is 43.2 Å². The highest BCUT2D eigenvalue weighted by Gasteiger charge is 2.21. The Morgan fingerprint density at radius 2 is 1.81 bits per heavy atom. The van der Waals surface area contributed by atoms with Crippen LogP contribution in [0.5, 0.6) is 17.2 Å². The zero-order valence-electron chi connectivity index (χ0n) is 17.7. The molecule has 2 aromatic carbocycles. The van der Waals surface area contributed by atoms with Gasteiger partial charge in [0.05, 0.1) is 23.7 Å². The standard InChI is InChI=1S/C21H24N4O6S/c1-3-5-18-19(11-10-17(14(2)26)20(18)27)31-13-4-12-30-15-6-8-16(9-7-15)32(28,29)21-22-24-25-23-21/h6-11,27H,3-5,12-13H2,1-2H3,(H,22,23,24,25). The first-order chi connectivity index (χ1) is 15.3. The van der Waals surface area contributed by atoms with Crippen LogP contribution in [0.15, 0.2) is 46.5 Å². The van der Waals surface area contributed by atoms with Crippen LogP contribution >= 0.6 is 0 Å². The number of ether oxygens (including phenoxy) is 2. The predicted molar refractivity (Wildman–Crippen MR) is 114 cm³/mol. The Hall–Kier alpha value is -3.47. The molecule has 3 rings (SSSR count). The van der Waals surface area contributed by atoms with Crippen LogP contribution in [-0.4, -0.2) is 53.1 Å². The van der Waals surface area contributed by atoms with Crippen molar-refractivity contribution in [1.29, 1.82) is 0 Å². The van der Waals surface area contributed by atoms with Crippen molar-refractivity contribution >= 4 is 15.6 Å². The molecule has 0 spiro atoms. The largest absolute Gasteiger partial charge is 0.507 e. The summed E-state index contributed by atoms with van der Waals surface area (Å²) in [5.41, 5.74) is 0.911. The van der Waals surface area contributed by atoms with Crippen molar-refractivity contribution in [2.24, 2.45) is 0 Å². The first-order valence-electron chi connectivity index (χ1n) is 10.0. The van der Waals surface area contributed by atoms with Crippen LogP contribution in [0, 0.1) is 0 Å². The first-order valence-corrected chi connectivity index (χ1v) is 11.5. The minimum absolute atomic E-state index is 0.0238. The maximum atomic E-state index is 12.3. The van der Waals surface area contributed by atoms with Gasteiger partial charge in [0.1, 0.15) is 17.2 Å². The lowest BCUT2D eigenvalue weighted by Crippen LogP contribution is -2.07. The Balaban J connectivity index is 1.53. The predicted octanol–water partition coefficient (Wildman–Crippen LogP) is 2.74. The number of phenols is 1. The summed E-state index contributed by atoms with van der Waals surface area (Å²) < 4.78 is 36.1. The zero-order valence-corrected chi connectivity index (χ0v) is 18.6. The molecule has 0 aliphatic rings. The Labute approximate surface area is 185 Å². The molecule has 0 radical (unpaired) electrons. The molecule has 2 N–H and O–H groups in total. The molecule has 0 saturated heterocycles. The lowest BCUT2D eigenvalue weighted by atomic mass is 10.0. The summed E-state index contributed by atoms with van der Waals surface area (Å²) in [4.78, 5) is 11.7. The van der Waals surface area contributed by atoms with Gasteiger partial charge >= 0.3 is 0 Å². The Morgan fingerprint density at radius 1 is 1.09 bits per heavy atom. The summed E-state index contributed by atoms with van der Waals surface area (Å²) in [7, 11) is -3.80. The number of nitrogens with one attached hydrogen (secondary N) is 1. The number of aromatic amines is 1. The number of carbonyl (C=O) groups is 1. The second-order valence-corrected chi connectivity index (χ2v) is 8.84. The monoisotopic (exact) mass is 460 g/mol. The Kier molecular flexibility index (Phi) is 7.41. The van der Waals surface area contributed by atoms with Crippen LogP contribution < -0.4 is 9.47 Å². The Bertz CT molecular complexity index is 1160. The summed E-state index contributed by atoms with van der Waals surface area (Å²) >= 11 is 0. The van der Waals surface area contributed by atoms with Gasteiger partial charge in [0, 0.05) is 12.0 Å². The molecule has 0 bridgehead atoms. The number of aromatic nitrogens is 4. The average Bonchev–Trinajstić information content (AvgIpc) is 3.32. The third-order valence-corrected chi connectivity index (χ3v) is 6.22. The van der Waals surface area contributed by atoms with Gasteiger partial charge in [-0.15, -0.1) is 0 Å². The molecule has 11 heteroatoms. The van der Waals surface area contributed by atoms with E-state index in [0.29, 0.717) is 43.1 Å². The maximum Gasteiger partial charge on any atom is 0.269 e. The number of carbonyl (C=O) groups excluding carboxylic acids is 1. The second kappa shape index (κ2) is 10.2. The molecule has 0 aliphatic heterocycles. The van der Waals surface area contributed by atoms with Crippen LogP contribution in [0.4, 0.5) is 0 Å². The van der Waals surface area contributed by atoms with E-state index in [4.69, 9.17) is 9.47 Å². The molecule has 1 heterocycles. The molecular weight excluding hydrogens is 436 g/mol. The van der Waals surface area contributed by atoms with Crippen molar-refractivity contribution in [3.8, 4) is 17.2 Å². The molecule has 0 unspecified atom stereocenters. The van der Waals surface area contributed by atoms with Gasteiger partial charge in [-0.3, -0.25) is 4.79 Å². The quantitative estimate of drug-likeness (QED) is 0.326. The molecule has 0 atom stereocenters. The van der Waals surface area contributed by atoms with Crippen LogP contribution in [0.2, 0.25) is 0 Å². The molecule has 0 fully saturated rings. The van der Waals surface area contributed by atoms with E-state index in [-0.39, 0.29) is 27.1 Å². The summed E-state index contributed by atoms with van der Waals surface area (Å²) in [6.07, 6.45) is 1.95. The molecule has 32 heavy (non-hydrogen) atoms. The molecule has 1 aromatic heterocycles. The van der Waals surface area contributed by atoms with Gasteiger partial charge < -0.3 is 14.6 Å². The molecular formula is C21H24N4O6S. The van der Waals surface area contributed by atoms with Gasteiger partial charge in [-0.1, -0.05) is 18.4 Å². The van der Waals surface area contributed by atoms with Gasteiger partial charge in [0.2, 0.25) is 9.84 Å². The Morgan fingerprint density at radius 3 is 2.44 bits per heavy atom. The highest BCUT2D eigenvalue weighted by Crippen LogP contribution is 2.33. The van der Waals surface area contributed by atoms with Crippen molar-refractivity contribution in [2.75, 3.05) is 13.2 Å². The van der Waals surface area contributed by atoms with E-state index in [0.717, 1.165) is 6.42 Å². The average molecular weight is 461 g/mol. The van der Waals surface area contributed by atoms with Crippen LogP contribution in [0.3, 0.4) is 0 Å². The number of sulfone groups is 1. The molecule has 0 aliphatic carbocycles. The number of hydrogen-bond donors (Lipinski definition) is 2. The third kappa shape index (κ3) is 5.22. The maximum absolute atomic E-state index is 12.3. The minimum Gasteiger partial charge on any atom is -0.507 e. The number of tetrazole rings is 1. The van der Waals surface area contributed by atoms with E-state index in [9.17, 15) is 18.3 Å². The first kappa shape index (κ1) is 23.2. The topological polar surface area (TPSA) is 144 Å². The number of ketones is 1. The number of aromatic hydroxyl groups is 1. The highest BCUT2D eigenvalue weighted by molar-refractivity contribution is 7.91. The zero-order chi connectivity index (χ0) is 23.1. The molecule has 170 valence electrons. The van der Waals surface area contributed by atoms with Crippen molar-refractivity contribution in [3.63, 3.8) is 0 Å². The SMILES string of the molecule is CCCc1c(OCCCOc2ccc(S(=O)(=O)c3nnn[nH]3)cc2)ccc(C(C)=O)c1O. The molecule has 0 amide bonds. The third-order valence-electron chi connectivity index (χ3n) is 4.65. The molecule has 3 aromatic rings. The highest BCUT2D eigenvalue weighted by atomic mass is 32.2. The fourth-order valence-electron chi connectivity index (χ4n) is 3.05. The van der Waals surface area contributed by atoms with Gasteiger partial charge in [0.25, 0.3) is 5.16 Å². The van der Waals surface area contributed by atoms with E-state index in [1.165, 1.54) is 19.1 Å². The number of hydrogen-bond acceptors (Lipinski definition) is 9. The van der Waals surface area contributed by atoms with Crippen LogP contribution in [0.25, 0.3) is 0 Å². The lowest BCUT2D eigenvalue weighted by molar-refractivity contribution is 0.101. The normalized spacial score (nSPS) is 11.3. The number of H-pyrrole nitrogens is 1. The smallest absolute Gasteiger partial charge is 0.269 e. The second-order valence-electron chi connectivity index (χ2n) is 6.98. The fraction of sp³-hybridized carbons (Fsp3) is 0.333. The summed E-state index contributed by atoms with van der Waals surface area (Å²) in [5.74, 6) is 0.834. The number of benzene rings is 2. The number of phenolic OH excluding ortho intramolecular Hbond substituents is 1. The van der Waals surface area contributed by atoms with E-state index < -0.39 is 9.84 Å². The number of Topliss-reactive ketones (excluding diaryl/α,β-unsaturated/α-hetero) is 1. The van der Waals surface area contributed by atoms with E-state index in [1.807, 2.05) is 6.92 Å². The van der Waals surface area contributed by atoms with Gasteiger partial charge in [-0.2, -0.15) is 0 Å². The van der Waals surface area contributed by atoms with Crippen LogP contribution in [-0.2, 0) is 16.3 Å². The summed E-state index contributed by atoms with van der Waals surface area (Å²) in [6, 6.07) is 9.20. The van der Waals surface area contributed by atoms with Gasteiger partial charge in [-0.05, 0) is 60.2 Å². The lowest BCUT2D eigenvalue weighted by Gasteiger charge is -2.15. The van der Waals surface area contributed by atoms with Gasteiger partial charge in [-0.25, -0.2) is 13.5 Å². The van der Waals surface area contributed by atoms with E-state index in [1.54, 1.807) is 24.3 Å². The van der Waals surface area contributed by atoms with Crippen molar-refractivity contribution in [3.05, 3.63) is 47.5 Å². The van der Waals surface area contributed by atoms with Crippen LogP contribution in [0.1, 0.15) is 42.6 Å². The number of rotatable bonds is 11. The molecule has 0 saturated carbocycles. The van der Waals surface area contributed by atoms with E-state index >= 15 is 0 Å². The molecule has 10 nitrogen and oxygen atoms in total. The summed E-state index contributed by atoms with van der Waals surface area (Å²) in [5, 5.41) is 22.3. The minimum atomic E-state index is -3.80. The van der Waals surface area contributed by atoms with Crippen molar-refractivity contribution < 1.29 is 27.8 Å². The number of nitrogens with zero attached hydrogens (tertiary/aromatic N) is 3. The van der Waals surface area contributed by atoms with Gasteiger partial charge in [0.15, 0.2) is 5.78 Å². The van der Waals surface area contributed by atoms with Crippen molar-refractivity contribution in [1.82, 2.24) is 20.6 Å². The van der Waals surface area contributed by atoms with E-state index in [2.05, 4.69) is 20.6 Å². The fourth-order valence-corrected chi connectivity index (χ4v) is 4.07. The summed E-state index contributed by atoms with van der Waals surface area (Å²) in [6.45, 7) is 4.09.